The number of benzene rings is 2. The van der Waals surface area contributed by atoms with E-state index in [2.05, 4.69) is 10.3 Å². The minimum Gasteiger partial charge on any atom is -0.350 e. The van der Waals surface area contributed by atoms with Crippen molar-refractivity contribution in [2.75, 3.05) is 10.6 Å². The van der Waals surface area contributed by atoms with Gasteiger partial charge in [0.2, 0.25) is 15.9 Å². The lowest BCUT2D eigenvalue weighted by Crippen LogP contribution is -2.49. The van der Waals surface area contributed by atoms with E-state index in [-0.39, 0.29) is 18.7 Å². The Bertz CT molecular complexity index is 1140. The van der Waals surface area contributed by atoms with Crippen molar-refractivity contribution >= 4 is 21.6 Å². The van der Waals surface area contributed by atoms with Crippen LogP contribution in [0.4, 0.5) is 10.1 Å². The van der Waals surface area contributed by atoms with Gasteiger partial charge in [-0.2, -0.15) is 0 Å². The quantitative estimate of drug-likeness (QED) is 0.578. The molecule has 0 spiro atoms. The van der Waals surface area contributed by atoms with Crippen LogP contribution in [0.3, 0.4) is 0 Å². The molecule has 0 radical (unpaired) electrons. The Morgan fingerprint density at radius 2 is 1.81 bits per heavy atom. The molecule has 3 rings (SSSR count). The summed E-state index contributed by atoms with van der Waals surface area (Å²) in [5.41, 5.74) is 2.07. The second-order valence-electron chi connectivity index (χ2n) is 7.19. The SMILES string of the molecule is CC[C@@H](C(=O)NCc1ccc(-n2ccnc2C)cc1)N(c1ccc(F)cc1)S(C)(=O)=O. The molecule has 9 heteroatoms. The Morgan fingerprint density at radius 3 is 2.32 bits per heavy atom. The van der Waals surface area contributed by atoms with E-state index in [4.69, 9.17) is 0 Å². The van der Waals surface area contributed by atoms with Crippen molar-refractivity contribution in [1.82, 2.24) is 14.9 Å². The van der Waals surface area contributed by atoms with Gasteiger partial charge in [0, 0.05) is 24.6 Å². The van der Waals surface area contributed by atoms with Crippen molar-refractivity contribution in [3.63, 3.8) is 0 Å². The highest BCUT2D eigenvalue weighted by atomic mass is 32.2. The van der Waals surface area contributed by atoms with Gasteiger partial charge in [-0.1, -0.05) is 19.1 Å². The van der Waals surface area contributed by atoms with E-state index < -0.39 is 27.8 Å². The van der Waals surface area contributed by atoms with Gasteiger partial charge in [0.1, 0.15) is 17.7 Å². The maximum Gasteiger partial charge on any atom is 0.244 e. The van der Waals surface area contributed by atoms with E-state index in [0.717, 1.165) is 27.6 Å². The summed E-state index contributed by atoms with van der Waals surface area (Å²) in [5.74, 6) is -0.0377. The van der Waals surface area contributed by atoms with Crippen LogP contribution in [0.5, 0.6) is 0 Å². The molecule has 1 amide bonds. The van der Waals surface area contributed by atoms with Crippen LogP contribution < -0.4 is 9.62 Å². The lowest BCUT2D eigenvalue weighted by Gasteiger charge is -2.30. The number of hydrogen-bond donors (Lipinski definition) is 1. The molecule has 2 aromatic carbocycles. The lowest BCUT2D eigenvalue weighted by molar-refractivity contribution is -0.122. The van der Waals surface area contributed by atoms with Gasteiger partial charge in [0.15, 0.2) is 0 Å². The number of aryl methyl sites for hydroxylation is 1. The van der Waals surface area contributed by atoms with E-state index >= 15 is 0 Å². The number of aromatic nitrogens is 2. The average Bonchev–Trinajstić information content (AvgIpc) is 3.16. The van der Waals surface area contributed by atoms with Gasteiger partial charge in [0.05, 0.1) is 11.9 Å². The first-order chi connectivity index (χ1) is 14.7. The topological polar surface area (TPSA) is 84.3 Å². The Labute approximate surface area is 181 Å². The van der Waals surface area contributed by atoms with Crippen LogP contribution in [0, 0.1) is 12.7 Å². The number of imidazole rings is 1. The fourth-order valence-corrected chi connectivity index (χ4v) is 4.59. The molecule has 164 valence electrons. The number of halogens is 1. The predicted octanol–water partition coefficient (Wildman–Crippen LogP) is 3.18. The van der Waals surface area contributed by atoms with E-state index in [9.17, 15) is 17.6 Å². The van der Waals surface area contributed by atoms with Crippen molar-refractivity contribution in [1.29, 1.82) is 0 Å². The monoisotopic (exact) mass is 444 g/mol. The standard InChI is InChI=1S/C22H25FN4O3S/c1-4-21(27(31(3,29)30)20-11-7-18(23)8-12-20)22(28)25-15-17-5-9-19(10-6-17)26-14-13-24-16(26)2/h5-14,21H,4,15H2,1-3H3,(H,25,28)/t21-/m0/s1. The fourth-order valence-electron chi connectivity index (χ4n) is 3.38. The predicted molar refractivity (Wildman–Crippen MR) is 118 cm³/mol. The Kier molecular flexibility index (Phi) is 6.74. The van der Waals surface area contributed by atoms with E-state index in [1.807, 2.05) is 42.0 Å². The van der Waals surface area contributed by atoms with E-state index in [0.29, 0.717) is 0 Å². The van der Waals surface area contributed by atoms with Crippen LogP contribution in [0.1, 0.15) is 24.7 Å². The summed E-state index contributed by atoms with van der Waals surface area (Å²) in [7, 11) is -3.76. The van der Waals surface area contributed by atoms with E-state index in [1.54, 1.807) is 13.1 Å². The highest BCUT2D eigenvalue weighted by Gasteiger charge is 2.31. The minimum absolute atomic E-state index is 0.242. The third-order valence-corrected chi connectivity index (χ3v) is 6.10. The summed E-state index contributed by atoms with van der Waals surface area (Å²) in [6, 6.07) is 11.7. The summed E-state index contributed by atoms with van der Waals surface area (Å²) in [6.07, 6.45) is 4.88. The number of rotatable bonds is 8. The number of carbonyl (C=O) groups excluding carboxylic acids is 1. The summed E-state index contributed by atoms with van der Waals surface area (Å²) in [6.45, 7) is 3.89. The summed E-state index contributed by atoms with van der Waals surface area (Å²) in [4.78, 5) is 17.1. The molecule has 0 aliphatic heterocycles. The molecule has 0 unspecified atom stereocenters. The third kappa shape index (κ3) is 5.29. The molecule has 1 aromatic heterocycles. The van der Waals surface area contributed by atoms with Gasteiger partial charge in [-0.3, -0.25) is 9.10 Å². The molecule has 0 fully saturated rings. The lowest BCUT2D eigenvalue weighted by atomic mass is 10.1. The van der Waals surface area contributed by atoms with Gasteiger partial charge in [-0.15, -0.1) is 0 Å². The molecule has 1 N–H and O–H groups in total. The first kappa shape index (κ1) is 22.5. The van der Waals surface area contributed by atoms with Crippen molar-refractivity contribution in [3.05, 3.63) is 78.1 Å². The maximum atomic E-state index is 13.3. The molecule has 1 heterocycles. The second-order valence-corrected chi connectivity index (χ2v) is 9.05. The minimum atomic E-state index is -3.76. The number of nitrogens with zero attached hydrogens (tertiary/aromatic N) is 3. The molecule has 0 bridgehead atoms. The molecule has 0 aliphatic rings. The van der Waals surface area contributed by atoms with Crippen molar-refractivity contribution in [3.8, 4) is 5.69 Å². The van der Waals surface area contributed by atoms with Gasteiger partial charge in [0.25, 0.3) is 0 Å². The van der Waals surface area contributed by atoms with Crippen LogP contribution >= 0.6 is 0 Å². The highest BCUT2D eigenvalue weighted by Crippen LogP contribution is 2.23. The molecule has 0 saturated heterocycles. The fraction of sp³-hybridized carbons (Fsp3) is 0.273. The Hall–Kier alpha value is -3.20. The number of nitrogens with one attached hydrogen (secondary N) is 1. The molecule has 0 aliphatic carbocycles. The average molecular weight is 445 g/mol. The summed E-state index contributed by atoms with van der Waals surface area (Å²) < 4.78 is 41.1. The second kappa shape index (κ2) is 9.30. The first-order valence-corrected chi connectivity index (χ1v) is 11.7. The smallest absolute Gasteiger partial charge is 0.244 e. The number of anilines is 1. The zero-order valence-electron chi connectivity index (χ0n) is 17.6. The van der Waals surface area contributed by atoms with Gasteiger partial charge < -0.3 is 9.88 Å². The van der Waals surface area contributed by atoms with Crippen LogP contribution in [0.2, 0.25) is 0 Å². The van der Waals surface area contributed by atoms with Crippen molar-refractivity contribution in [2.24, 2.45) is 0 Å². The normalized spacial score (nSPS) is 12.4. The third-order valence-electron chi connectivity index (χ3n) is 4.92. The zero-order valence-corrected chi connectivity index (χ0v) is 18.4. The van der Waals surface area contributed by atoms with Crippen LogP contribution in [0.25, 0.3) is 5.69 Å². The van der Waals surface area contributed by atoms with Crippen molar-refractivity contribution in [2.45, 2.75) is 32.9 Å². The summed E-state index contributed by atoms with van der Waals surface area (Å²) in [5, 5.41) is 2.81. The molecule has 3 aromatic rings. The number of sulfonamides is 1. The molecule has 1 atom stereocenters. The van der Waals surface area contributed by atoms with Crippen molar-refractivity contribution < 1.29 is 17.6 Å². The zero-order chi connectivity index (χ0) is 22.6. The number of carbonyl (C=O) groups is 1. The molecule has 7 nitrogen and oxygen atoms in total. The molecule has 31 heavy (non-hydrogen) atoms. The van der Waals surface area contributed by atoms with E-state index in [1.165, 1.54) is 24.3 Å². The van der Waals surface area contributed by atoms with Gasteiger partial charge in [-0.05, 0) is 55.3 Å². The van der Waals surface area contributed by atoms with Crippen LogP contribution in [0.15, 0.2) is 60.9 Å². The van der Waals surface area contributed by atoms with Gasteiger partial charge >= 0.3 is 0 Å². The van der Waals surface area contributed by atoms with Gasteiger partial charge in [-0.25, -0.2) is 17.8 Å². The highest BCUT2D eigenvalue weighted by molar-refractivity contribution is 7.92. The number of hydrogen-bond acceptors (Lipinski definition) is 4. The first-order valence-electron chi connectivity index (χ1n) is 9.82. The molecule has 0 saturated carbocycles. The summed E-state index contributed by atoms with van der Waals surface area (Å²) >= 11 is 0. The van der Waals surface area contributed by atoms with Crippen LogP contribution in [-0.2, 0) is 21.4 Å². The van der Waals surface area contributed by atoms with Crippen LogP contribution in [-0.4, -0.2) is 36.2 Å². The molecular weight excluding hydrogens is 419 g/mol. The Morgan fingerprint density at radius 1 is 1.16 bits per heavy atom. The molecular formula is C22H25FN4O3S. The Balaban J connectivity index is 1.74. The number of amides is 1. The largest absolute Gasteiger partial charge is 0.350 e. The maximum absolute atomic E-state index is 13.3.